The van der Waals surface area contributed by atoms with E-state index >= 15 is 0 Å². The number of nitrogens with zero attached hydrogens (tertiary/aromatic N) is 2. The highest BCUT2D eigenvalue weighted by Gasteiger charge is 2.27. The van der Waals surface area contributed by atoms with Gasteiger partial charge >= 0.3 is 5.97 Å². The monoisotopic (exact) mass is 256 g/mol. The normalized spacial score (nSPS) is 16.4. The zero-order valence-corrected chi connectivity index (χ0v) is 10.9. The third kappa shape index (κ3) is 4.01. The summed E-state index contributed by atoms with van der Waals surface area (Å²) >= 11 is 0. The van der Waals surface area contributed by atoms with Crippen LogP contribution in [0.2, 0.25) is 0 Å². The highest BCUT2D eigenvalue weighted by molar-refractivity contribution is 5.80. The van der Waals surface area contributed by atoms with Crippen LogP contribution in [0.1, 0.15) is 26.2 Å². The quantitative estimate of drug-likeness (QED) is 0.778. The SMILES string of the molecule is CC(=O)N1CCC(C(=O)N(C)CCC(=O)O)CC1. The van der Waals surface area contributed by atoms with Gasteiger partial charge in [-0.2, -0.15) is 0 Å². The summed E-state index contributed by atoms with van der Waals surface area (Å²) in [5, 5.41) is 8.57. The standard InChI is InChI=1S/C12H20N2O4/c1-9(15)14-7-3-10(4-8-14)12(18)13(2)6-5-11(16)17/h10H,3-8H2,1-2H3,(H,16,17). The minimum absolute atomic E-state index is 0.0144. The van der Waals surface area contributed by atoms with E-state index in [0.717, 1.165) is 0 Å². The van der Waals surface area contributed by atoms with Gasteiger partial charge < -0.3 is 14.9 Å². The van der Waals surface area contributed by atoms with Crippen molar-refractivity contribution in [1.29, 1.82) is 0 Å². The average Bonchev–Trinajstić information content (AvgIpc) is 2.35. The van der Waals surface area contributed by atoms with Crippen LogP contribution in [0, 0.1) is 5.92 Å². The number of carbonyl (C=O) groups excluding carboxylic acids is 2. The summed E-state index contributed by atoms with van der Waals surface area (Å²) in [5.74, 6) is -0.958. The van der Waals surface area contributed by atoms with Gasteiger partial charge in [0.15, 0.2) is 0 Å². The molecule has 0 saturated carbocycles. The van der Waals surface area contributed by atoms with Crippen molar-refractivity contribution in [3.8, 4) is 0 Å². The molecule has 1 aliphatic rings. The van der Waals surface area contributed by atoms with Crippen LogP contribution in [0.3, 0.4) is 0 Å². The van der Waals surface area contributed by atoms with Gasteiger partial charge in [-0.1, -0.05) is 0 Å². The second-order valence-corrected chi connectivity index (χ2v) is 4.68. The molecule has 6 nitrogen and oxygen atoms in total. The number of likely N-dealkylation sites (tertiary alicyclic amines) is 1. The number of aliphatic carboxylic acids is 1. The minimum Gasteiger partial charge on any atom is -0.481 e. The molecule has 0 aliphatic carbocycles. The Kier molecular flexibility index (Phi) is 5.12. The highest BCUT2D eigenvalue weighted by atomic mass is 16.4. The lowest BCUT2D eigenvalue weighted by atomic mass is 9.95. The number of carbonyl (C=O) groups is 3. The second kappa shape index (κ2) is 6.37. The van der Waals surface area contributed by atoms with Crippen LogP contribution in [-0.2, 0) is 14.4 Å². The smallest absolute Gasteiger partial charge is 0.305 e. The van der Waals surface area contributed by atoms with Crippen molar-refractivity contribution < 1.29 is 19.5 Å². The third-order valence-corrected chi connectivity index (χ3v) is 3.33. The molecule has 1 saturated heterocycles. The number of carboxylic acids is 1. The van der Waals surface area contributed by atoms with Gasteiger partial charge in [-0.25, -0.2) is 0 Å². The lowest BCUT2D eigenvalue weighted by Crippen LogP contribution is -2.43. The number of rotatable bonds is 4. The van der Waals surface area contributed by atoms with Crippen molar-refractivity contribution in [2.24, 2.45) is 5.92 Å². The summed E-state index contributed by atoms with van der Waals surface area (Å²) in [4.78, 5) is 36.8. The van der Waals surface area contributed by atoms with Crippen molar-refractivity contribution in [3.63, 3.8) is 0 Å². The van der Waals surface area contributed by atoms with Gasteiger partial charge in [0.05, 0.1) is 6.42 Å². The van der Waals surface area contributed by atoms with E-state index < -0.39 is 5.97 Å². The lowest BCUT2D eigenvalue weighted by molar-refractivity contribution is -0.141. The van der Waals surface area contributed by atoms with Crippen molar-refractivity contribution in [3.05, 3.63) is 0 Å². The summed E-state index contributed by atoms with van der Waals surface area (Å²) in [7, 11) is 1.63. The number of piperidine rings is 1. The van der Waals surface area contributed by atoms with Crippen LogP contribution < -0.4 is 0 Å². The van der Waals surface area contributed by atoms with Gasteiger partial charge in [0.1, 0.15) is 0 Å². The predicted octanol–water partition coefficient (Wildman–Crippen LogP) is 0.178. The first-order chi connectivity index (χ1) is 8.41. The molecule has 0 bridgehead atoms. The van der Waals surface area contributed by atoms with Crippen LogP contribution in [-0.4, -0.2) is 59.4 Å². The molecular weight excluding hydrogens is 236 g/mol. The molecule has 1 heterocycles. The fourth-order valence-electron chi connectivity index (χ4n) is 2.13. The fourth-order valence-corrected chi connectivity index (χ4v) is 2.13. The molecular formula is C12H20N2O4. The molecule has 0 aromatic heterocycles. The van der Waals surface area contributed by atoms with Crippen LogP contribution in [0.15, 0.2) is 0 Å². The summed E-state index contributed by atoms with van der Waals surface area (Å²) in [6.45, 7) is 2.99. The van der Waals surface area contributed by atoms with Crippen LogP contribution >= 0.6 is 0 Å². The molecule has 1 fully saturated rings. The first-order valence-corrected chi connectivity index (χ1v) is 6.14. The van der Waals surface area contributed by atoms with Crippen molar-refractivity contribution in [2.45, 2.75) is 26.2 Å². The number of hydrogen-bond acceptors (Lipinski definition) is 3. The number of amides is 2. The third-order valence-electron chi connectivity index (χ3n) is 3.33. The predicted molar refractivity (Wildman–Crippen MR) is 64.9 cm³/mol. The van der Waals surface area contributed by atoms with E-state index in [1.807, 2.05) is 0 Å². The van der Waals surface area contributed by atoms with Gasteiger partial charge in [0, 0.05) is 39.5 Å². The van der Waals surface area contributed by atoms with Gasteiger partial charge in [0.2, 0.25) is 11.8 Å². The Morgan fingerprint density at radius 1 is 1.28 bits per heavy atom. The Hall–Kier alpha value is -1.59. The summed E-state index contributed by atoms with van der Waals surface area (Å²) in [5.41, 5.74) is 0. The Balaban J connectivity index is 2.39. The lowest BCUT2D eigenvalue weighted by Gasteiger charge is -2.32. The second-order valence-electron chi connectivity index (χ2n) is 4.68. The average molecular weight is 256 g/mol. The Labute approximate surface area is 107 Å². The first-order valence-electron chi connectivity index (χ1n) is 6.14. The van der Waals surface area contributed by atoms with Crippen LogP contribution in [0.25, 0.3) is 0 Å². The fraction of sp³-hybridized carbons (Fsp3) is 0.750. The molecule has 0 spiro atoms. The maximum absolute atomic E-state index is 12.0. The first kappa shape index (κ1) is 14.5. The van der Waals surface area contributed by atoms with E-state index in [4.69, 9.17) is 5.11 Å². The molecule has 18 heavy (non-hydrogen) atoms. The molecule has 0 aromatic carbocycles. The highest BCUT2D eigenvalue weighted by Crippen LogP contribution is 2.19. The van der Waals surface area contributed by atoms with Gasteiger partial charge in [-0.15, -0.1) is 0 Å². The van der Waals surface area contributed by atoms with Gasteiger partial charge in [0.25, 0.3) is 0 Å². The number of carboxylic acid groups (broad SMARTS) is 1. The molecule has 1 rings (SSSR count). The Morgan fingerprint density at radius 3 is 2.28 bits per heavy atom. The molecule has 102 valence electrons. The Morgan fingerprint density at radius 2 is 1.83 bits per heavy atom. The molecule has 6 heteroatoms. The van der Waals surface area contributed by atoms with E-state index in [9.17, 15) is 14.4 Å². The van der Waals surface area contributed by atoms with Crippen molar-refractivity contribution in [1.82, 2.24) is 9.80 Å². The molecule has 0 atom stereocenters. The maximum Gasteiger partial charge on any atom is 0.305 e. The van der Waals surface area contributed by atoms with Gasteiger partial charge in [-0.05, 0) is 12.8 Å². The van der Waals surface area contributed by atoms with E-state index in [-0.39, 0.29) is 30.7 Å². The minimum atomic E-state index is -0.902. The van der Waals surface area contributed by atoms with Crippen LogP contribution in [0.4, 0.5) is 0 Å². The molecule has 0 unspecified atom stereocenters. The molecule has 2 amide bonds. The zero-order chi connectivity index (χ0) is 13.7. The zero-order valence-electron chi connectivity index (χ0n) is 10.9. The summed E-state index contributed by atoms with van der Waals surface area (Å²) in [6.07, 6.45) is 1.29. The van der Waals surface area contributed by atoms with Crippen molar-refractivity contribution in [2.75, 3.05) is 26.7 Å². The summed E-state index contributed by atoms with van der Waals surface area (Å²) in [6, 6.07) is 0. The van der Waals surface area contributed by atoms with E-state index in [1.54, 1.807) is 11.9 Å². The van der Waals surface area contributed by atoms with Crippen molar-refractivity contribution >= 4 is 17.8 Å². The summed E-state index contributed by atoms with van der Waals surface area (Å²) < 4.78 is 0. The molecule has 0 aromatic rings. The Bertz CT molecular complexity index is 335. The van der Waals surface area contributed by atoms with Crippen LogP contribution in [0.5, 0.6) is 0 Å². The molecule has 0 radical (unpaired) electrons. The number of hydrogen-bond donors (Lipinski definition) is 1. The van der Waals surface area contributed by atoms with E-state index in [1.165, 1.54) is 11.8 Å². The molecule has 1 aliphatic heterocycles. The largest absolute Gasteiger partial charge is 0.481 e. The topological polar surface area (TPSA) is 77.9 Å². The van der Waals surface area contributed by atoms with E-state index in [2.05, 4.69) is 0 Å². The molecule has 1 N–H and O–H groups in total. The van der Waals surface area contributed by atoms with E-state index in [0.29, 0.717) is 25.9 Å². The van der Waals surface area contributed by atoms with Gasteiger partial charge in [-0.3, -0.25) is 14.4 Å². The maximum atomic E-state index is 12.0.